The number of ether oxygens (including phenoxy) is 1. The van der Waals surface area contributed by atoms with Gasteiger partial charge < -0.3 is 10.1 Å². The Hall–Kier alpha value is -1.88. The van der Waals surface area contributed by atoms with Crippen LogP contribution in [0, 0.1) is 0 Å². The highest BCUT2D eigenvalue weighted by atomic mass is 79.9. The molecule has 0 bridgehead atoms. The molecule has 1 aromatic heterocycles. The number of anilines is 1. The van der Waals surface area contributed by atoms with Crippen LogP contribution in [-0.2, 0) is 0 Å². The Labute approximate surface area is 126 Å². The number of carbonyl (C=O) groups excluding carboxylic acids is 1. The van der Waals surface area contributed by atoms with Crippen molar-refractivity contribution >= 4 is 27.5 Å². The number of halogens is 1. The highest BCUT2D eigenvalue weighted by Crippen LogP contribution is 2.19. The van der Waals surface area contributed by atoms with Crippen molar-refractivity contribution in [3.8, 4) is 5.75 Å². The van der Waals surface area contributed by atoms with Gasteiger partial charge in [0.05, 0.1) is 11.7 Å². The fraction of sp³-hybridized carbons (Fsp3) is 0.200. The van der Waals surface area contributed by atoms with Gasteiger partial charge in [-0.25, -0.2) is 4.98 Å². The van der Waals surface area contributed by atoms with Crippen LogP contribution in [0.15, 0.2) is 47.2 Å². The first-order chi connectivity index (χ1) is 9.56. The van der Waals surface area contributed by atoms with Gasteiger partial charge in [0.15, 0.2) is 0 Å². The van der Waals surface area contributed by atoms with E-state index in [1.54, 1.807) is 30.5 Å². The van der Waals surface area contributed by atoms with Gasteiger partial charge in [0.1, 0.15) is 10.4 Å². The third-order valence-electron chi connectivity index (χ3n) is 2.49. The minimum Gasteiger partial charge on any atom is -0.491 e. The molecule has 5 heteroatoms. The maximum Gasteiger partial charge on any atom is 0.258 e. The summed E-state index contributed by atoms with van der Waals surface area (Å²) in [7, 11) is 0. The summed E-state index contributed by atoms with van der Waals surface area (Å²) < 4.78 is 6.07. The first-order valence-corrected chi connectivity index (χ1v) is 7.04. The number of aromatic nitrogens is 1. The molecule has 0 spiro atoms. The molecule has 0 aliphatic carbocycles. The quantitative estimate of drug-likeness (QED) is 0.863. The van der Waals surface area contributed by atoms with E-state index in [0.29, 0.717) is 15.9 Å². The number of hydrogen-bond donors (Lipinski definition) is 1. The van der Waals surface area contributed by atoms with Crippen molar-refractivity contribution in [2.45, 2.75) is 20.0 Å². The van der Waals surface area contributed by atoms with E-state index in [1.807, 2.05) is 26.0 Å². The summed E-state index contributed by atoms with van der Waals surface area (Å²) in [6, 6.07) is 10.7. The van der Waals surface area contributed by atoms with E-state index >= 15 is 0 Å². The summed E-state index contributed by atoms with van der Waals surface area (Å²) in [5, 5.41) is 2.82. The molecular weight excluding hydrogens is 320 g/mol. The van der Waals surface area contributed by atoms with E-state index in [2.05, 4.69) is 26.2 Å². The van der Waals surface area contributed by atoms with Gasteiger partial charge in [0.2, 0.25) is 0 Å². The molecule has 0 aliphatic heterocycles. The standard InChI is InChI=1S/C15H15BrN2O2/c1-10(2)20-12-7-5-11(6-8-12)18-15(19)13-4-3-9-17-14(13)16/h3-10H,1-2H3,(H,18,19). The molecule has 0 radical (unpaired) electrons. The van der Waals surface area contributed by atoms with Crippen LogP contribution in [0.5, 0.6) is 5.75 Å². The maximum atomic E-state index is 12.1. The molecule has 1 aromatic carbocycles. The molecule has 4 nitrogen and oxygen atoms in total. The topological polar surface area (TPSA) is 51.2 Å². The van der Waals surface area contributed by atoms with Crippen LogP contribution in [0.3, 0.4) is 0 Å². The predicted octanol–water partition coefficient (Wildman–Crippen LogP) is 3.88. The molecule has 0 saturated carbocycles. The van der Waals surface area contributed by atoms with Gasteiger partial charge in [-0.1, -0.05) is 0 Å². The van der Waals surface area contributed by atoms with Gasteiger partial charge in [-0.3, -0.25) is 4.79 Å². The molecule has 0 fully saturated rings. The molecule has 2 aromatic rings. The molecular formula is C15H15BrN2O2. The number of carbonyl (C=O) groups is 1. The maximum absolute atomic E-state index is 12.1. The second-order valence-corrected chi connectivity index (χ2v) is 5.24. The number of hydrogen-bond acceptors (Lipinski definition) is 3. The van der Waals surface area contributed by atoms with Crippen molar-refractivity contribution in [3.63, 3.8) is 0 Å². The van der Waals surface area contributed by atoms with E-state index in [-0.39, 0.29) is 12.0 Å². The lowest BCUT2D eigenvalue weighted by molar-refractivity contribution is 0.102. The first kappa shape index (κ1) is 14.5. The lowest BCUT2D eigenvalue weighted by Crippen LogP contribution is -2.13. The Balaban J connectivity index is 2.07. The highest BCUT2D eigenvalue weighted by molar-refractivity contribution is 9.10. The van der Waals surface area contributed by atoms with Crippen molar-refractivity contribution in [3.05, 3.63) is 52.8 Å². The zero-order valence-electron chi connectivity index (χ0n) is 11.3. The lowest BCUT2D eigenvalue weighted by atomic mass is 10.2. The third kappa shape index (κ3) is 3.81. The van der Waals surface area contributed by atoms with E-state index in [1.165, 1.54) is 0 Å². The number of rotatable bonds is 4. The summed E-state index contributed by atoms with van der Waals surface area (Å²) >= 11 is 3.26. The molecule has 1 N–H and O–H groups in total. The minimum absolute atomic E-state index is 0.127. The van der Waals surface area contributed by atoms with Gasteiger partial charge in [0.25, 0.3) is 5.91 Å². The van der Waals surface area contributed by atoms with Crippen LogP contribution >= 0.6 is 15.9 Å². The van der Waals surface area contributed by atoms with Crippen LogP contribution in [0.1, 0.15) is 24.2 Å². The number of nitrogens with zero attached hydrogens (tertiary/aromatic N) is 1. The number of nitrogens with one attached hydrogen (secondary N) is 1. The first-order valence-electron chi connectivity index (χ1n) is 6.25. The van der Waals surface area contributed by atoms with Gasteiger partial charge in [0, 0.05) is 11.9 Å². The Morgan fingerprint density at radius 1 is 1.25 bits per heavy atom. The molecule has 1 heterocycles. The molecule has 0 aliphatic rings. The van der Waals surface area contributed by atoms with E-state index in [0.717, 1.165) is 5.75 Å². The Kier molecular flexibility index (Phi) is 4.74. The number of pyridine rings is 1. The van der Waals surface area contributed by atoms with Gasteiger partial charge >= 0.3 is 0 Å². The minimum atomic E-state index is -0.206. The molecule has 0 saturated heterocycles. The zero-order chi connectivity index (χ0) is 14.5. The van der Waals surface area contributed by atoms with Crippen LogP contribution in [0.4, 0.5) is 5.69 Å². The fourth-order valence-corrected chi connectivity index (χ4v) is 2.07. The van der Waals surface area contributed by atoms with E-state index in [4.69, 9.17) is 4.74 Å². The average molecular weight is 335 g/mol. The summed E-state index contributed by atoms with van der Waals surface area (Å²) in [5.41, 5.74) is 1.21. The average Bonchev–Trinajstić information content (AvgIpc) is 2.41. The second-order valence-electron chi connectivity index (χ2n) is 4.49. The van der Waals surface area contributed by atoms with Crippen LogP contribution in [0.2, 0.25) is 0 Å². The SMILES string of the molecule is CC(C)Oc1ccc(NC(=O)c2cccnc2Br)cc1. The second kappa shape index (κ2) is 6.52. The largest absolute Gasteiger partial charge is 0.491 e. The van der Waals surface area contributed by atoms with E-state index in [9.17, 15) is 4.79 Å². The summed E-state index contributed by atoms with van der Waals surface area (Å²) in [4.78, 5) is 16.1. The smallest absolute Gasteiger partial charge is 0.258 e. The van der Waals surface area contributed by atoms with Crippen molar-refractivity contribution in [1.82, 2.24) is 4.98 Å². The number of amides is 1. The summed E-state index contributed by atoms with van der Waals surface area (Å²) in [6.45, 7) is 3.94. The summed E-state index contributed by atoms with van der Waals surface area (Å²) in [5.74, 6) is 0.572. The molecule has 1 amide bonds. The van der Waals surface area contributed by atoms with Crippen molar-refractivity contribution < 1.29 is 9.53 Å². The van der Waals surface area contributed by atoms with Crippen molar-refractivity contribution in [2.24, 2.45) is 0 Å². The van der Waals surface area contributed by atoms with Crippen LogP contribution in [0.25, 0.3) is 0 Å². The van der Waals surface area contributed by atoms with Crippen molar-refractivity contribution in [2.75, 3.05) is 5.32 Å². The van der Waals surface area contributed by atoms with Crippen molar-refractivity contribution in [1.29, 1.82) is 0 Å². The zero-order valence-corrected chi connectivity index (χ0v) is 12.8. The van der Waals surface area contributed by atoms with Crippen LogP contribution < -0.4 is 10.1 Å². The fourth-order valence-electron chi connectivity index (χ4n) is 1.64. The monoisotopic (exact) mass is 334 g/mol. The normalized spacial score (nSPS) is 10.4. The summed E-state index contributed by atoms with van der Waals surface area (Å²) in [6.07, 6.45) is 1.75. The van der Waals surface area contributed by atoms with Crippen LogP contribution in [-0.4, -0.2) is 17.0 Å². The Morgan fingerprint density at radius 2 is 1.95 bits per heavy atom. The third-order valence-corrected chi connectivity index (χ3v) is 3.12. The Morgan fingerprint density at radius 3 is 2.55 bits per heavy atom. The molecule has 104 valence electrons. The number of benzene rings is 1. The Bertz CT molecular complexity index is 597. The van der Waals surface area contributed by atoms with Gasteiger partial charge in [-0.05, 0) is 66.2 Å². The van der Waals surface area contributed by atoms with E-state index < -0.39 is 0 Å². The lowest BCUT2D eigenvalue weighted by Gasteiger charge is -2.11. The van der Waals surface area contributed by atoms with Gasteiger partial charge in [-0.2, -0.15) is 0 Å². The predicted molar refractivity (Wildman–Crippen MR) is 82.1 cm³/mol. The molecule has 0 unspecified atom stereocenters. The van der Waals surface area contributed by atoms with Gasteiger partial charge in [-0.15, -0.1) is 0 Å². The molecule has 0 atom stereocenters. The molecule has 2 rings (SSSR count). The highest BCUT2D eigenvalue weighted by Gasteiger charge is 2.10. The molecule has 20 heavy (non-hydrogen) atoms.